The monoisotopic (exact) mass is 257 g/mol. The first-order valence-corrected chi connectivity index (χ1v) is 5.78. The maximum absolute atomic E-state index is 13.0. The molecule has 3 nitrogen and oxygen atoms in total. The van der Waals surface area contributed by atoms with E-state index in [2.05, 4.69) is 0 Å². The lowest BCUT2D eigenvalue weighted by Crippen LogP contribution is -2.41. The third-order valence-electron chi connectivity index (χ3n) is 2.83. The number of rotatable bonds is 1. The van der Waals surface area contributed by atoms with Gasteiger partial charge in [-0.2, -0.15) is 0 Å². The van der Waals surface area contributed by atoms with E-state index in [4.69, 9.17) is 16.3 Å². The Morgan fingerprint density at radius 3 is 3.00 bits per heavy atom. The van der Waals surface area contributed by atoms with E-state index < -0.39 is 5.82 Å². The molecule has 1 unspecified atom stereocenters. The molecule has 92 valence electrons. The van der Waals surface area contributed by atoms with Crippen LogP contribution in [0.4, 0.5) is 4.39 Å². The Kier molecular flexibility index (Phi) is 3.64. The number of hydrogen-bond acceptors (Lipinski definition) is 2. The molecule has 1 aromatic rings. The van der Waals surface area contributed by atoms with Crippen LogP contribution in [0.5, 0.6) is 0 Å². The lowest BCUT2D eigenvalue weighted by molar-refractivity contribution is -0.136. The summed E-state index contributed by atoms with van der Waals surface area (Å²) in [5.74, 6) is -0.429. The fraction of sp³-hybridized carbons (Fsp3) is 0.417. The molecule has 1 amide bonds. The molecule has 1 aliphatic heterocycles. The van der Waals surface area contributed by atoms with Crippen LogP contribution in [-0.2, 0) is 9.53 Å². The van der Waals surface area contributed by atoms with Crippen LogP contribution in [0.2, 0.25) is 5.02 Å². The number of carbonyl (C=O) groups excluding carboxylic acids is 1. The van der Waals surface area contributed by atoms with E-state index in [0.29, 0.717) is 19.7 Å². The Balaban J connectivity index is 2.16. The molecule has 0 aromatic heterocycles. The predicted octanol–water partition coefficient (Wildman–Crippen LogP) is 2.40. The van der Waals surface area contributed by atoms with Gasteiger partial charge in [0.05, 0.1) is 18.2 Å². The van der Waals surface area contributed by atoms with Crippen molar-refractivity contribution >= 4 is 17.5 Å². The third kappa shape index (κ3) is 2.76. The molecule has 0 spiro atoms. The van der Waals surface area contributed by atoms with Gasteiger partial charge in [-0.3, -0.25) is 4.79 Å². The van der Waals surface area contributed by atoms with E-state index in [9.17, 15) is 9.18 Å². The summed E-state index contributed by atoms with van der Waals surface area (Å²) in [6.07, 6.45) is -0.231. The van der Waals surface area contributed by atoms with Crippen molar-refractivity contribution in [2.24, 2.45) is 0 Å². The number of morpholine rings is 1. The molecule has 1 heterocycles. The molecular formula is C12H13ClFNO2. The summed E-state index contributed by atoms with van der Waals surface area (Å²) in [5, 5.41) is 0.0750. The SMILES string of the molecule is CC(=O)N1CCOC(c2ccc(F)c(Cl)c2)C1. The zero-order valence-corrected chi connectivity index (χ0v) is 10.2. The molecule has 0 saturated carbocycles. The second-order valence-corrected chi connectivity index (χ2v) is 4.41. The summed E-state index contributed by atoms with van der Waals surface area (Å²) in [6, 6.07) is 4.49. The Labute approximate surface area is 104 Å². The highest BCUT2D eigenvalue weighted by Crippen LogP contribution is 2.26. The first kappa shape index (κ1) is 12.3. The summed E-state index contributed by atoms with van der Waals surface area (Å²) in [5.41, 5.74) is 0.794. The van der Waals surface area contributed by atoms with Gasteiger partial charge in [-0.15, -0.1) is 0 Å². The molecule has 1 fully saturated rings. The summed E-state index contributed by atoms with van der Waals surface area (Å²) >= 11 is 5.72. The van der Waals surface area contributed by atoms with Crippen LogP contribution in [0.1, 0.15) is 18.6 Å². The van der Waals surface area contributed by atoms with Gasteiger partial charge < -0.3 is 9.64 Å². The highest BCUT2D eigenvalue weighted by atomic mass is 35.5. The summed E-state index contributed by atoms with van der Waals surface area (Å²) in [7, 11) is 0. The molecule has 0 bridgehead atoms. The van der Waals surface area contributed by atoms with Crippen molar-refractivity contribution in [3.05, 3.63) is 34.6 Å². The van der Waals surface area contributed by atoms with E-state index in [1.807, 2.05) is 0 Å². The number of carbonyl (C=O) groups is 1. The maximum atomic E-state index is 13.0. The average Bonchev–Trinajstić information content (AvgIpc) is 2.33. The fourth-order valence-electron chi connectivity index (χ4n) is 1.85. The zero-order chi connectivity index (χ0) is 12.4. The van der Waals surface area contributed by atoms with Gasteiger partial charge in [-0.1, -0.05) is 17.7 Å². The lowest BCUT2D eigenvalue weighted by atomic mass is 10.1. The Hall–Kier alpha value is -1.13. The normalized spacial score (nSPS) is 20.4. The number of benzene rings is 1. The second kappa shape index (κ2) is 5.02. The molecule has 1 saturated heterocycles. The van der Waals surface area contributed by atoms with E-state index in [1.54, 1.807) is 17.0 Å². The van der Waals surface area contributed by atoms with Crippen molar-refractivity contribution in [3.8, 4) is 0 Å². The molecule has 1 aliphatic rings. The highest BCUT2D eigenvalue weighted by molar-refractivity contribution is 6.30. The van der Waals surface area contributed by atoms with Crippen LogP contribution < -0.4 is 0 Å². The smallest absolute Gasteiger partial charge is 0.219 e. The van der Waals surface area contributed by atoms with E-state index in [0.717, 1.165) is 5.56 Å². The van der Waals surface area contributed by atoms with Crippen LogP contribution in [0.3, 0.4) is 0 Å². The summed E-state index contributed by atoms with van der Waals surface area (Å²) < 4.78 is 18.6. The number of halogens is 2. The van der Waals surface area contributed by atoms with Crippen LogP contribution in [0.15, 0.2) is 18.2 Å². The van der Waals surface area contributed by atoms with Crippen LogP contribution in [0.25, 0.3) is 0 Å². The van der Waals surface area contributed by atoms with Crippen molar-refractivity contribution < 1.29 is 13.9 Å². The summed E-state index contributed by atoms with van der Waals surface area (Å²) in [4.78, 5) is 13.0. The Morgan fingerprint density at radius 2 is 2.35 bits per heavy atom. The quantitative estimate of drug-likeness (QED) is 0.773. The molecular weight excluding hydrogens is 245 g/mol. The van der Waals surface area contributed by atoms with Gasteiger partial charge in [0.2, 0.25) is 5.91 Å². The number of amides is 1. The first-order valence-electron chi connectivity index (χ1n) is 5.40. The fourth-order valence-corrected chi connectivity index (χ4v) is 2.04. The Morgan fingerprint density at radius 1 is 1.59 bits per heavy atom. The standard InChI is InChI=1S/C12H13ClFNO2/c1-8(16)15-4-5-17-12(7-15)9-2-3-11(14)10(13)6-9/h2-3,6,12H,4-5,7H2,1H3. The molecule has 17 heavy (non-hydrogen) atoms. The van der Waals surface area contributed by atoms with Crippen LogP contribution in [-0.4, -0.2) is 30.5 Å². The number of nitrogens with zero attached hydrogens (tertiary/aromatic N) is 1. The van der Waals surface area contributed by atoms with Crippen molar-refractivity contribution in [1.29, 1.82) is 0 Å². The Bertz CT molecular complexity index is 439. The summed E-state index contributed by atoms with van der Waals surface area (Å²) in [6.45, 7) is 3.09. The van der Waals surface area contributed by atoms with E-state index in [1.165, 1.54) is 13.0 Å². The minimum Gasteiger partial charge on any atom is -0.370 e. The van der Waals surface area contributed by atoms with Crippen molar-refractivity contribution in [1.82, 2.24) is 4.90 Å². The second-order valence-electron chi connectivity index (χ2n) is 4.00. The molecule has 0 N–H and O–H groups in total. The lowest BCUT2D eigenvalue weighted by Gasteiger charge is -2.32. The largest absolute Gasteiger partial charge is 0.370 e. The molecule has 1 aromatic carbocycles. The van der Waals surface area contributed by atoms with Crippen molar-refractivity contribution in [3.63, 3.8) is 0 Å². The average molecular weight is 258 g/mol. The third-order valence-corrected chi connectivity index (χ3v) is 3.12. The van der Waals surface area contributed by atoms with Crippen molar-refractivity contribution in [2.45, 2.75) is 13.0 Å². The minimum atomic E-state index is -0.449. The van der Waals surface area contributed by atoms with Gasteiger partial charge in [-0.25, -0.2) is 4.39 Å². The van der Waals surface area contributed by atoms with E-state index in [-0.39, 0.29) is 17.0 Å². The zero-order valence-electron chi connectivity index (χ0n) is 9.45. The molecule has 0 radical (unpaired) electrons. The van der Waals surface area contributed by atoms with Gasteiger partial charge in [0.15, 0.2) is 0 Å². The first-order chi connectivity index (χ1) is 8.08. The van der Waals surface area contributed by atoms with Crippen LogP contribution in [0, 0.1) is 5.82 Å². The predicted molar refractivity (Wildman–Crippen MR) is 62.4 cm³/mol. The highest BCUT2D eigenvalue weighted by Gasteiger charge is 2.23. The molecule has 0 aliphatic carbocycles. The topological polar surface area (TPSA) is 29.5 Å². The van der Waals surface area contributed by atoms with Gasteiger partial charge >= 0.3 is 0 Å². The van der Waals surface area contributed by atoms with E-state index >= 15 is 0 Å². The maximum Gasteiger partial charge on any atom is 0.219 e. The minimum absolute atomic E-state index is 0.0199. The van der Waals surface area contributed by atoms with Crippen molar-refractivity contribution in [2.75, 3.05) is 19.7 Å². The molecule has 5 heteroatoms. The molecule has 2 rings (SSSR count). The number of ether oxygens (including phenoxy) is 1. The van der Waals surface area contributed by atoms with Gasteiger partial charge in [-0.05, 0) is 17.7 Å². The van der Waals surface area contributed by atoms with Gasteiger partial charge in [0.1, 0.15) is 11.9 Å². The molecule has 1 atom stereocenters. The van der Waals surface area contributed by atoms with Crippen LogP contribution >= 0.6 is 11.6 Å². The van der Waals surface area contributed by atoms with Gasteiger partial charge in [0.25, 0.3) is 0 Å². The van der Waals surface area contributed by atoms with Gasteiger partial charge in [0, 0.05) is 13.5 Å². The number of hydrogen-bond donors (Lipinski definition) is 0.